The molecule has 1 aliphatic heterocycles. The van der Waals surface area contributed by atoms with Gasteiger partial charge in [0.25, 0.3) is 0 Å². The van der Waals surface area contributed by atoms with Gasteiger partial charge in [0.05, 0.1) is 0 Å². The summed E-state index contributed by atoms with van der Waals surface area (Å²) in [7, 11) is 0. The molecular formula is C14H22N6. The Kier molecular flexibility index (Phi) is 3.82. The fourth-order valence-corrected chi connectivity index (χ4v) is 2.93. The van der Waals surface area contributed by atoms with Crippen LogP contribution in [0.5, 0.6) is 0 Å². The van der Waals surface area contributed by atoms with Crippen molar-refractivity contribution >= 4 is 11.5 Å². The molecule has 1 fully saturated rings. The summed E-state index contributed by atoms with van der Waals surface area (Å²) in [5.74, 6) is 1.87. The number of aromatic nitrogens is 4. The Balaban J connectivity index is 2.00. The van der Waals surface area contributed by atoms with Gasteiger partial charge in [-0.05, 0) is 32.7 Å². The summed E-state index contributed by atoms with van der Waals surface area (Å²) in [5, 5.41) is 12.0. The molecule has 20 heavy (non-hydrogen) atoms. The van der Waals surface area contributed by atoms with E-state index in [1.54, 1.807) is 0 Å². The van der Waals surface area contributed by atoms with Gasteiger partial charge < -0.3 is 10.2 Å². The van der Waals surface area contributed by atoms with E-state index in [4.69, 9.17) is 0 Å². The predicted octanol–water partition coefficient (Wildman–Crippen LogP) is 1.40. The maximum absolute atomic E-state index is 4.59. The summed E-state index contributed by atoms with van der Waals surface area (Å²) < 4.78 is 2.02. The third-order valence-electron chi connectivity index (χ3n) is 3.93. The third-order valence-corrected chi connectivity index (χ3v) is 3.93. The minimum Gasteiger partial charge on any atom is -0.349 e. The number of nitrogens with zero attached hydrogens (tertiary/aromatic N) is 5. The first-order valence-corrected chi connectivity index (χ1v) is 7.45. The largest absolute Gasteiger partial charge is 0.349 e. The van der Waals surface area contributed by atoms with Crippen molar-refractivity contribution in [2.24, 2.45) is 0 Å². The zero-order chi connectivity index (χ0) is 13.9. The molecule has 3 heterocycles. The molecule has 6 heteroatoms. The van der Waals surface area contributed by atoms with E-state index in [0.29, 0.717) is 6.04 Å². The monoisotopic (exact) mass is 274 g/mol. The average Bonchev–Trinajstić information content (AvgIpc) is 2.88. The van der Waals surface area contributed by atoms with Gasteiger partial charge in [-0.25, -0.2) is 4.98 Å². The molecule has 0 aromatic carbocycles. The van der Waals surface area contributed by atoms with Crippen LogP contribution in [0, 0.1) is 6.92 Å². The summed E-state index contributed by atoms with van der Waals surface area (Å²) in [6.45, 7) is 7.33. The average molecular weight is 274 g/mol. The smallest absolute Gasteiger partial charge is 0.203 e. The van der Waals surface area contributed by atoms with Gasteiger partial charge in [-0.1, -0.05) is 6.92 Å². The summed E-state index contributed by atoms with van der Waals surface area (Å²) >= 11 is 0. The van der Waals surface area contributed by atoms with E-state index in [0.717, 1.165) is 43.3 Å². The van der Waals surface area contributed by atoms with Crippen LogP contribution in [0.4, 0.5) is 5.82 Å². The Morgan fingerprint density at radius 3 is 3.10 bits per heavy atom. The number of anilines is 1. The number of fused-ring (bicyclic) bond motifs is 1. The molecule has 0 amide bonds. The Bertz CT molecular complexity index is 572. The van der Waals surface area contributed by atoms with Crippen molar-refractivity contribution in [3.05, 3.63) is 18.2 Å². The normalized spacial score (nSPS) is 19.4. The van der Waals surface area contributed by atoms with E-state index in [9.17, 15) is 0 Å². The number of hydrogen-bond acceptors (Lipinski definition) is 5. The van der Waals surface area contributed by atoms with Crippen molar-refractivity contribution in [3.8, 4) is 0 Å². The maximum Gasteiger partial charge on any atom is 0.203 e. The number of piperidine rings is 1. The van der Waals surface area contributed by atoms with Crippen LogP contribution in [0.25, 0.3) is 5.65 Å². The lowest BCUT2D eigenvalue weighted by molar-refractivity contribution is 0.429. The van der Waals surface area contributed by atoms with Gasteiger partial charge in [-0.15, -0.1) is 10.2 Å². The predicted molar refractivity (Wildman–Crippen MR) is 79.0 cm³/mol. The number of nitrogens with one attached hydrogen (secondary N) is 1. The highest BCUT2D eigenvalue weighted by molar-refractivity contribution is 5.64. The number of hydrogen-bond donors (Lipinski definition) is 1. The lowest BCUT2D eigenvalue weighted by atomic mass is 10.1. The molecule has 1 N–H and O–H groups in total. The molecule has 1 aliphatic rings. The molecule has 0 radical (unpaired) electrons. The van der Waals surface area contributed by atoms with Crippen molar-refractivity contribution in [2.45, 2.75) is 39.2 Å². The Labute approximate surface area is 119 Å². The molecule has 2 aromatic heterocycles. The summed E-state index contributed by atoms with van der Waals surface area (Å²) in [6, 6.07) is 0.499. The van der Waals surface area contributed by atoms with E-state index in [1.165, 1.54) is 12.8 Å². The number of rotatable bonds is 4. The Morgan fingerprint density at radius 2 is 2.35 bits per heavy atom. The molecule has 0 bridgehead atoms. The van der Waals surface area contributed by atoms with E-state index in [2.05, 4.69) is 32.3 Å². The first kappa shape index (κ1) is 13.3. The third kappa shape index (κ3) is 2.35. The Morgan fingerprint density at radius 1 is 1.45 bits per heavy atom. The molecule has 1 unspecified atom stereocenters. The van der Waals surface area contributed by atoms with Crippen LogP contribution in [-0.2, 0) is 0 Å². The summed E-state index contributed by atoms with van der Waals surface area (Å²) in [5.41, 5.74) is 0.865. The summed E-state index contributed by atoms with van der Waals surface area (Å²) in [4.78, 5) is 6.99. The van der Waals surface area contributed by atoms with E-state index < -0.39 is 0 Å². The van der Waals surface area contributed by atoms with Crippen molar-refractivity contribution in [1.29, 1.82) is 0 Å². The van der Waals surface area contributed by atoms with Gasteiger partial charge >= 0.3 is 0 Å². The fraction of sp³-hybridized carbons (Fsp3) is 0.643. The van der Waals surface area contributed by atoms with Crippen molar-refractivity contribution in [3.63, 3.8) is 0 Å². The van der Waals surface area contributed by atoms with Gasteiger partial charge in [0.2, 0.25) is 5.65 Å². The highest BCUT2D eigenvalue weighted by Crippen LogP contribution is 2.23. The van der Waals surface area contributed by atoms with E-state index in [-0.39, 0.29) is 0 Å². The first-order valence-electron chi connectivity index (χ1n) is 7.45. The summed E-state index contributed by atoms with van der Waals surface area (Å²) in [6.07, 6.45) is 7.31. The molecule has 0 spiro atoms. The molecule has 108 valence electrons. The molecule has 2 aromatic rings. The topological polar surface area (TPSA) is 58.4 Å². The molecule has 0 aliphatic carbocycles. The van der Waals surface area contributed by atoms with E-state index in [1.807, 2.05) is 23.7 Å². The van der Waals surface area contributed by atoms with Gasteiger partial charge in [-0.2, -0.15) is 0 Å². The minimum absolute atomic E-state index is 0.499. The van der Waals surface area contributed by atoms with Gasteiger partial charge in [0.15, 0.2) is 5.82 Å². The molecule has 3 rings (SSSR count). The van der Waals surface area contributed by atoms with Crippen molar-refractivity contribution in [2.75, 3.05) is 24.5 Å². The SMILES string of the molecule is CCCN(c1nccn2c(C)nnc12)C1CCCNC1. The van der Waals surface area contributed by atoms with Crippen LogP contribution in [0.3, 0.4) is 0 Å². The highest BCUT2D eigenvalue weighted by Gasteiger charge is 2.24. The van der Waals surface area contributed by atoms with Crippen LogP contribution < -0.4 is 10.2 Å². The first-order chi connectivity index (χ1) is 9.81. The zero-order valence-corrected chi connectivity index (χ0v) is 12.2. The quantitative estimate of drug-likeness (QED) is 0.913. The van der Waals surface area contributed by atoms with Crippen molar-refractivity contribution in [1.82, 2.24) is 24.9 Å². The second-order valence-corrected chi connectivity index (χ2v) is 5.39. The second kappa shape index (κ2) is 5.75. The highest BCUT2D eigenvalue weighted by atomic mass is 15.3. The van der Waals surface area contributed by atoms with E-state index >= 15 is 0 Å². The van der Waals surface area contributed by atoms with Crippen molar-refractivity contribution < 1.29 is 0 Å². The standard InChI is InChI=1S/C14H22N6/c1-3-8-20(12-5-4-6-15-10-12)13-14-18-17-11(2)19(14)9-7-16-13/h7,9,12,15H,3-6,8,10H2,1-2H3. The van der Waals surface area contributed by atoms with Crippen LogP contribution in [0.15, 0.2) is 12.4 Å². The van der Waals surface area contributed by atoms with Crippen LogP contribution in [0.2, 0.25) is 0 Å². The molecule has 1 atom stereocenters. The van der Waals surface area contributed by atoms with Crippen LogP contribution >= 0.6 is 0 Å². The van der Waals surface area contributed by atoms with Crippen LogP contribution in [0.1, 0.15) is 32.0 Å². The maximum atomic E-state index is 4.59. The van der Waals surface area contributed by atoms with Gasteiger partial charge in [0.1, 0.15) is 5.82 Å². The minimum atomic E-state index is 0.499. The lowest BCUT2D eigenvalue weighted by Gasteiger charge is -2.35. The van der Waals surface area contributed by atoms with Crippen LogP contribution in [-0.4, -0.2) is 45.3 Å². The second-order valence-electron chi connectivity index (χ2n) is 5.39. The molecule has 0 saturated carbocycles. The lowest BCUT2D eigenvalue weighted by Crippen LogP contribution is -2.47. The van der Waals surface area contributed by atoms with Gasteiger partial charge in [0, 0.05) is 31.5 Å². The number of aryl methyl sites for hydroxylation is 1. The molecule has 6 nitrogen and oxygen atoms in total. The molecule has 1 saturated heterocycles. The molecular weight excluding hydrogens is 252 g/mol. The Hall–Kier alpha value is -1.69. The fourth-order valence-electron chi connectivity index (χ4n) is 2.93. The zero-order valence-electron chi connectivity index (χ0n) is 12.2. The van der Waals surface area contributed by atoms with Gasteiger partial charge in [-0.3, -0.25) is 4.40 Å².